The smallest absolute Gasteiger partial charge is 0.271 e. The van der Waals surface area contributed by atoms with Gasteiger partial charge in [-0.05, 0) is 31.0 Å². The van der Waals surface area contributed by atoms with Crippen molar-refractivity contribution in [1.82, 2.24) is 10.2 Å². The van der Waals surface area contributed by atoms with Crippen LogP contribution in [0.3, 0.4) is 0 Å². The largest absolute Gasteiger partial charge is 0.373 e. The standard InChI is InChI=1S/C22H27N3O6S/c1-15-12-24(13-16(2)31-15)14-18-7-5-4-6-17(18)11-23-22(26)19-8-20(25(27)28)10-21(9-19)32(3,29)30/h4-10,15-16H,11-14H2,1-3H3,(H,23,26). The van der Waals surface area contributed by atoms with Crippen LogP contribution in [-0.2, 0) is 27.7 Å². The van der Waals surface area contributed by atoms with Crippen LogP contribution in [0.25, 0.3) is 0 Å². The van der Waals surface area contributed by atoms with Gasteiger partial charge in [0.25, 0.3) is 11.6 Å². The molecule has 2 atom stereocenters. The number of benzene rings is 2. The normalized spacial score (nSPS) is 19.5. The first-order valence-corrected chi connectivity index (χ1v) is 12.1. The van der Waals surface area contributed by atoms with E-state index in [0.29, 0.717) is 6.54 Å². The monoisotopic (exact) mass is 461 g/mol. The highest BCUT2D eigenvalue weighted by Gasteiger charge is 2.23. The average Bonchev–Trinajstić information content (AvgIpc) is 2.71. The van der Waals surface area contributed by atoms with Gasteiger partial charge in [-0.15, -0.1) is 0 Å². The molecule has 1 fully saturated rings. The highest BCUT2D eigenvalue weighted by molar-refractivity contribution is 7.90. The molecule has 1 saturated heterocycles. The molecule has 3 rings (SSSR count). The molecule has 0 saturated carbocycles. The first-order valence-electron chi connectivity index (χ1n) is 10.2. The van der Waals surface area contributed by atoms with Crippen LogP contribution in [0, 0.1) is 10.1 Å². The lowest BCUT2D eigenvalue weighted by Crippen LogP contribution is -2.45. The summed E-state index contributed by atoms with van der Waals surface area (Å²) in [6, 6.07) is 10.9. The first-order chi connectivity index (χ1) is 15.0. The molecular formula is C22H27N3O6S. The number of carbonyl (C=O) groups is 1. The van der Waals surface area contributed by atoms with E-state index < -0.39 is 26.4 Å². The number of rotatable bonds is 7. The maximum absolute atomic E-state index is 12.7. The molecule has 32 heavy (non-hydrogen) atoms. The topological polar surface area (TPSA) is 119 Å². The minimum atomic E-state index is -3.71. The van der Waals surface area contributed by atoms with E-state index in [4.69, 9.17) is 4.74 Å². The van der Waals surface area contributed by atoms with E-state index in [2.05, 4.69) is 10.2 Å². The number of amides is 1. The molecule has 2 aromatic rings. The molecule has 0 radical (unpaired) electrons. The van der Waals surface area contributed by atoms with Gasteiger partial charge in [-0.25, -0.2) is 8.42 Å². The molecule has 0 spiro atoms. The Bertz CT molecular complexity index is 1110. The zero-order valence-electron chi connectivity index (χ0n) is 18.3. The van der Waals surface area contributed by atoms with Crippen molar-refractivity contribution in [1.29, 1.82) is 0 Å². The average molecular weight is 462 g/mol. The number of non-ortho nitro benzene ring substituents is 1. The maximum Gasteiger partial charge on any atom is 0.271 e. The van der Waals surface area contributed by atoms with Crippen molar-refractivity contribution >= 4 is 21.4 Å². The maximum atomic E-state index is 12.7. The molecule has 1 amide bonds. The van der Waals surface area contributed by atoms with Gasteiger partial charge in [-0.3, -0.25) is 19.8 Å². The lowest BCUT2D eigenvalue weighted by molar-refractivity contribution is -0.385. The molecule has 10 heteroatoms. The number of sulfone groups is 1. The van der Waals surface area contributed by atoms with E-state index in [-0.39, 0.29) is 29.2 Å². The molecule has 1 N–H and O–H groups in total. The lowest BCUT2D eigenvalue weighted by Gasteiger charge is -2.35. The SMILES string of the molecule is CC1CN(Cc2ccccc2CNC(=O)c2cc([N+](=O)[O-])cc(S(C)(=O)=O)c2)CC(C)O1. The molecule has 2 unspecified atom stereocenters. The number of nitrogens with zero attached hydrogens (tertiary/aromatic N) is 2. The first kappa shape index (κ1) is 23.8. The van der Waals surface area contributed by atoms with Crippen molar-refractivity contribution in [3.8, 4) is 0 Å². The van der Waals surface area contributed by atoms with Gasteiger partial charge in [0, 0.05) is 50.1 Å². The molecule has 0 bridgehead atoms. The van der Waals surface area contributed by atoms with E-state index in [9.17, 15) is 23.3 Å². The van der Waals surface area contributed by atoms with Crippen molar-refractivity contribution in [3.63, 3.8) is 0 Å². The lowest BCUT2D eigenvalue weighted by atomic mass is 10.1. The number of nitrogens with one attached hydrogen (secondary N) is 1. The van der Waals surface area contributed by atoms with Crippen LogP contribution in [0.5, 0.6) is 0 Å². The Kier molecular flexibility index (Phi) is 7.27. The third-order valence-corrected chi connectivity index (χ3v) is 6.33. The number of nitro benzene ring substituents is 1. The van der Waals surface area contributed by atoms with Crippen molar-refractivity contribution < 1.29 is 22.9 Å². The van der Waals surface area contributed by atoms with Crippen LogP contribution < -0.4 is 5.32 Å². The van der Waals surface area contributed by atoms with Crippen molar-refractivity contribution in [2.24, 2.45) is 0 Å². The molecule has 2 aromatic carbocycles. The van der Waals surface area contributed by atoms with Gasteiger partial charge < -0.3 is 10.1 Å². The molecule has 172 valence electrons. The van der Waals surface area contributed by atoms with Gasteiger partial charge in [-0.2, -0.15) is 0 Å². The van der Waals surface area contributed by atoms with E-state index in [1.54, 1.807) is 0 Å². The summed E-state index contributed by atoms with van der Waals surface area (Å²) >= 11 is 0. The van der Waals surface area contributed by atoms with E-state index in [1.165, 1.54) is 0 Å². The fraction of sp³-hybridized carbons (Fsp3) is 0.409. The van der Waals surface area contributed by atoms with Crippen molar-refractivity contribution in [3.05, 3.63) is 69.3 Å². The number of hydrogen-bond acceptors (Lipinski definition) is 7. The number of nitro groups is 1. The van der Waals surface area contributed by atoms with Crippen LogP contribution in [0.2, 0.25) is 0 Å². The Morgan fingerprint density at radius 1 is 1.16 bits per heavy atom. The molecule has 1 aliphatic heterocycles. The highest BCUT2D eigenvalue weighted by atomic mass is 32.2. The summed E-state index contributed by atoms with van der Waals surface area (Å²) in [7, 11) is -3.71. The van der Waals surface area contributed by atoms with Crippen LogP contribution in [0.1, 0.15) is 35.3 Å². The van der Waals surface area contributed by atoms with E-state index >= 15 is 0 Å². The molecule has 0 aromatic heterocycles. The summed E-state index contributed by atoms with van der Waals surface area (Å²) in [6.07, 6.45) is 1.23. The quantitative estimate of drug-likeness (QED) is 0.497. The van der Waals surface area contributed by atoms with Gasteiger partial charge in [0.1, 0.15) is 0 Å². The van der Waals surface area contributed by atoms with Gasteiger partial charge in [0.2, 0.25) is 0 Å². The fourth-order valence-corrected chi connectivity index (χ4v) is 4.53. The summed E-state index contributed by atoms with van der Waals surface area (Å²) in [6.45, 7) is 6.62. The third-order valence-electron chi connectivity index (χ3n) is 5.24. The van der Waals surface area contributed by atoms with Gasteiger partial charge >= 0.3 is 0 Å². The van der Waals surface area contributed by atoms with Gasteiger partial charge in [0.05, 0.1) is 22.0 Å². The summed E-state index contributed by atoms with van der Waals surface area (Å²) in [5.41, 5.74) is 1.45. The number of carbonyl (C=O) groups excluding carboxylic acids is 1. The van der Waals surface area contributed by atoms with Crippen LogP contribution in [-0.4, -0.2) is 55.7 Å². The number of hydrogen-bond donors (Lipinski definition) is 1. The predicted octanol–water partition coefficient (Wildman–Crippen LogP) is 2.54. The minimum Gasteiger partial charge on any atom is -0.373 e. The molecular weight excluding hydrogens is 434 g/mol. The van der Waals surface area contributed by atoms with E-state index in [1.807, 2.05) is 38.1 Å². The molecule has 1 aliphatic rings. The second-order valence-electron chi connectivity index (χ2n) is 8.15. The minimum absolute atomic E-state index is 0.0760. The molecule has 9 nitrogen and oxygen atoms in total. The third kappa shape index (κ3) is 6.12. The number of ether oxygens (including phenoxy) is 1. The Hall–Kier alpha value is -2.82. The van der Waals surface area contributed by atoms with Crippen molar-refractivity contribution in [2.75, 3.05) is 19.3 Å². The second kappa shape index (κ2) is 9.76. The summed E-state index contributed by atoms with van der Waals surface area (Å²) in [5, 5.41) is 13.9. The van der Waals surface area contributed by atoms with E-state index in [0.717, 1.165) is 48.7 Å². The Morgan fingerprint density at radius 3 is 2.38 bits per heavy atom. The van der Waals surface area contributed by atoms with Gasteiger partial charge in [-0.1, -0.05) is 24.3 Å². The Balaban J connectivity index is 1.76. The van der Waals surface area contributed by atoms with Crippen LogP contribution in [0.15, 0.2) is 47.4 Å². The second-order valence-corrected chi connectivity index (χ2v) is 10.2. The zero-order chi connectivity index (χ0) is 23.5. The summed E-state index contributed by atoms with van der Waals surface area (Å²) < 4.78 is 29.5. The number of morpholine rings is 1. The molecule has 1 heterocycles. The molecule has 0 aliphatic carbocycles. The summed E-state index contributed by atoms with van der Waals surface area (Å²) in [4.78, 5) is 25.2. The van der Waals surface area contributed by atoms with Crippen LogP contribution in [0.4, 0.5) is 5.69 Å². The Morgan fingerprint density at radius 2 is 1.78 bits per heavy atom. The Labute approximate surface area is 187 Å². The highest BCUT2D eigenvalue weighted by Crippen LogP contribution is 2.21. The summed E-state index contributed by atoms with van der Waals surface area (Å²) in [5.74, 6) is -0.581. The zero-order valence-corrected chi connectivity index (χ0v) is 19.1. The van der Waals surface area contributed by atoms with Crippen molar-refractivity contribution in [2.45, 2.75) is 44.0 Å². The fourth-order valence-electron chi connectivity index (χ4n) is 3.85. The van der Waals surface area contributed by atoms with Crippen LogP contribution >= 0.6 is 0 Å². The van der Waals surface area contributed by atoms with Gasteiger partial charge in [0.15, 0.2) is 9.84 Å². The predicted molar refractivity (Wildman–Crippen MR) is 119 cm³/mol.